The molecule has 0 bridgehead atoms. The van der Waals surface area contributed by atoms with Crippen LogP contribution in [-0.2, 0) is 5.41 Å². The molecule has 3 nitrogen and oxygen atoms in total. The predicted octanol–water partition coefficient (Wildman–Crippen LogP) is 4.04. The molecule has 0 radical (unpaired) electrons. The van der Waals surface area contributed by atoms with E-state index < -0.39 is 0 Å². The van der Waals surface area contributed by atoms with Crippen molar-refractivity contribution in [2.75, 3.05) is 5.73 Å². The molecule has 3 heteroatoms. The molecular formula is C18H23N3. The highest BCUT2D eigenvalue weighted by atomic mass is 15.0. The van der Waals surface area contributed by atoms with E-state index >= 15 is 0 Å². The summed E-state index contributed by atoms with van der Waals surface area (Å²) in [5, 5.41) is 0. The lowest BCUT2D eigenvalue weighted by molar-refractivity contribution is 0.576. The highest BCUT2D eigenvalue weighted by molar-refractivity contribution is 5.37. The maximum atomic E-state index is 6.05. The number of hydrogen-bond donors (Lipinski definition) is 1. The molecule has 0 aliphatic heterocycles. The molecule has 1 fully saturated rings. The maximum Gasteiger partial charge on any atom is 0.140 e. The molecule has 21 heavy (non-hydrogen) atoms. The van der Waals surface area contributed by atoms with Crippen molar-refractivity contribution >= 4 is 5.82 Å². The van der Waals surface area contributed by atoms with E-state index in [1.165, 1.54) is 31.2 Å². The second-order valence-corrected chi connectivity index (χ2v) is 6.51. The average Bonchev–Trinajstić information content (AvgIpc) is 3.02. The topological polar surface area (TPSA) is 51.8 Å². The largest absolute Gasteiger partial charge is 0.384 e. The molecule has 2 aromatic rings. The first kappa shape index (κ1) is 14.1. The van der Waals surface area contributed by atoms with Crippen molar-refractivity contribution in [3.8, 4) is 0 Å². The standard InChI is InChI=1S/C18H23N3/c1-18(2,14-10-4-3-5-11-14)17-20-15(12-16(19)21-17)13-8-6-7-9-13/h3-5,10-13H,6-9H2,1-2H3,(H2,19,20,21). The Morgan fingerprint density at radius 2 is 1.71 bits per heavy atom. The first-order valence-corrected chi connectivity index (χ1v) is 7.78. The highest BCUT2D eigenvalue weighted by Gasteiger charge is 2.28. The third-order valence-corrected chi connectivity index (χ3v) is 4.59. The van der Waals surface area contributed by atoms with E-state index in [2.05, 4.69) is 43.1 Å². The van der Waals surface area contributed by atoms with Gasteiger partial charge in [-0.3, -0.25) is 0 Å². The van der Waals surface area contributed by atoms with Crippen molar-refractivity contribution in [3.05, 3.63) is 53.5 Å². The third kappa shape index (κ3) is 2.78. The fourth-order valence-corrected chi connectivity index (χ4v) is 3.18. The van der Waals surface area contributed by atoms with E-state index in [4.69, 9.17) is 10.7 Å². The van der Waals surface area contributed by atoms with Crippen molar-refractivity contribution in [3.63, 3.8) is 0 Å². The fourth-order valence-electron chi connectivity index (χ4n) is 3.18. The number of benzene rings is 1. The molecular weight excluding hydrogens is 258 g/mol. The van der Waals surface area contributed by atoms with Crippen molar-refractivity contribution in [1.29, 1.82) is 0 Å². The summed E-state index contributed by atoms with van der Waals surface area (Å²) in [6, 6.07) is 12.4. The number of hydrogen-bond acceptors (Lipinski definition) is 3. The Morgan fingerprint density at radius 3 is 2.38 bits per heavy atom. The molecule has 0 amide bonds. The quantitative estimate of drug-likeness (QED) is 0.923. The number of anilines is 1. The van der Waals surface area contributed by atoms with Gasteiger partial charge in [-0.15, -0.1) is 0 Å². The fraction of sp³-hybridized carbons (Fsp3) is 0.444. The van der Waals surface area contributed by atoms with Crippen LogP contribution in [0.5, 0.6) is 0 Å². The molecule has 1 aliphatic rings. The molecule has 1 aromatic carbocycles. The number of nitrogen functional groups attached to an aromatic ring is 1. The van der Waals surface area contributed by atoms with E-state index in [0.717, 1.165) is 11.5 Å². The second-order valence-electron chi connectivity index (χ2n) is 6.51. The van der Waals surface area contributed by atoms with E-state index in [0.29, 0.717) is 11.7 Å². The zero-order chi connectivity index (χ0) is 14.9. The molecule has 1 saturated carbocycles. The van der Waals surface area contributed by atoms with E-state index in [1.54, 1.807) is 0 Å². The van der Waals surface area contributed by atoms with Gasteiger partial charge in [-0.05, 0) is 32.3 Å². The monoisotopic (exact) mass is 281 g/mol. The van der Waals surface area contributed by atoms with Crippen LogP contribution in [-0.4, -0.2) is 9.97 Å². The van der Waals surface area contributed by atoms with Crippen LogP contribution in [0.25, 0.3) is 0 Å². The first-order chi connectivity index (χ1) is 10.1. The van der Waals surface area contributed by atoms with Crippen molar-refractivity contribution in [1.82, 2.24) is 9.97 Å². The second kappa shape index (κ2) is 5.47. The summed E-state index contributed by atoms with van der Waals surface area (Å²) in [7, 11) is 0. The summed E-state index contributed by atoms with van der Waals surface area (Å²) in [5.41, 5.74) is 8.16. The Hall–Kier alpha value is -1.90. The lowest BCUT2D eigenvalue weighted by Crippen LogP contribution is -2.24. The smallest absolute Gasteiger partial charge is 0.140 e. The van der Waals surface area contributed by atoms with Gasteiger partial charge in [0.15, 0.2) is 0 Å². The van der Waals surface area contributed by atoms with Crippen LogP contribution in [0.1, 0.15) is 62.5 Å². The summed E-state index contributed by atoms with van der Waals surface area (Å²) in [5.74, 6) is 1.97. The van der Waals surface area contributed by atoms with Gasteiger partial charge in [0.05, 0.1) is 0 Å². The van der Waals surface area contributed by atoms with Gasteiger partial charge in [0.1, 0.15) is 11.6 Å². The number of rotatable bonds is 3. The third-order valence-electron chi connectivity index (χ3n) is 4.59. The van der Waals surface area contributed by atoms with E-state index in [1.807, 2.05) is 12.1 Å². The van der Waals surface area contributed by atoms with Crippen LogP contribution < -0.4 is 5.73 Å². The van der Waals surface area contributed by atoms with Gasteiger partial charge in [0.2, 0.25) is 0 Å². The Morgan fingerprint density at radius 1 is 1.05 bits per heavy atom. The lowest BCUT2D eigenvalue weighted by atomic mass is 9.83. The highest BCUT2D eigenvalue weighted by Crippen LogP contribution is 2.35. The molecule has 0 atom stereocenters. The van der Waals surface area contributed by atoms with Crippen LogP contribution in [0.15, 0.2) is 36.4 Å². The van der Waals surface area contributed by atoms with Gasteiger partial charge >= 0.3 is 0 Å². The number of nitrogens with zero attached hydrogens (tertiary/aromatic N) is 2. The molecule has 0 unspecified atom stereocenters. The SMILES string of the molecule is CC(C)(c1ccccc1)c1nc(N)cc(C2CCCC2)n1. The lowest BCUT2D eigenvalue weighted by Gasteiger charge is -2.25. The summed E-state index contributed by atoms with van der Waals surface area (Å²) in [6.07, 6.45) is 5.04. The van der Waals surface area contributed by atoms with Gasteiger partial charge in [0, 0.05) is 23.1 Å². The van der Waals surface area contributed by atoms with Gasteiger partial charge < -0.3 is 5.73 Å². The van der Waals surface area contributed by atoms with Crippen LogP contribution in [0, 0.1) is 0 Å². The molecule has 0 spiro atoms. The Bertz CT molecular complexity index is 614. The van der Waals surface area contributed by atoms with Crippen molar-refractivity contribution in [2.24, 2.45) is 0 Å². The minimum Gasteiger partial charge on any atom is -0.384 e. The zero-order valence-corrected chi connectivity index (χ0v) is 12.8. The first-order valence-electron chi connectivity index (χ1n) is 7.78. The van der Waals surface area contributed by atoms with Crippen LogP contribution in [0.3, 0.4) is 0 Å². The van der Waals surface area contributed by atoms with Crippen molar-refractivity contribution < 1.29 is 0 Å². The summed E-state index contributed by atoms with van der Waals surface area (Å²) in [6.45, 7) is 4.32. The number of aromatic nitrogens is 2. The Balaban J connectivity index is 2.01. The minimum absolute atomic E-state index is 0.232. The van der Waals surface area contributed by atoms with Gasteiger partial charge in [0.25, 0.3) is 0 Å². The Labute approximate surface area is 126 Å². The van der Waals surface area contributed by atoms with Crippen LogP contribution >= 0.6 is 0 Å². The van der Waals surface area contributed by atoms with Crippen LogP contribution in [0.2, 0.25) is 0 Å². The average molecular weight is 281 g/mol. The summed E-state index contributed by atoms with van der Waals surface area (Å²) < 4.78 is 0. The minimum atomic E-state index is -0.232. The number of nitrogens with two attached hydrogens (primary N) is 1. The molecule has 110 valence electrons. The maximum absolute atomic E-state index is 6.05. The molecule has 1 aliphatic carbocycles. The molecule has 1 aromatic heterocycles. The van der Waals surface area contributed by atoms with Crippen LogP contribution in [0.4, 0.5) is 5.82 Å². The van der Waals surface area contributed by atoms with E-state index in [-0.39, 0.29) is 5.41 Å². The Kier molecular flexibility index (Phi) is 3.66. The molecule has 1 heterocycles. The van der Waals surface area contributed by atoms with E-state index in [9.17, 15) is 0 Å². The normalized spacial score (nSPS) is 16.3. The predicted molar refractivity (Wildman–Crippen MR) is 86.2 cm³/mol. The van der Waals surface area contributed by atoms with Gasteiger partial charge in [-0.1, -0.05) is 43.2 Å². The van der Waals surface area contributed by atoms with Crippen molar-refractivity contribution in [2.45, 2.75) is 50.9 Å². The van der Waals surface area contributed by atoms with Gasteiger partial charge in [-0.2, -0.15) is 0 Å². The molecule has 0 saturated heterocycles. The summed E-state index contributed by atoms with van der Waals surface area (Å²) in [4.78, 5) is 9.39. The van der Waals surface area contributed by atoms with Gasteiger partial charge in [-0.25, -0.2) is 9.97 Å². The zero-order valence-electron chi connectivity index (χ0n) is 12.8. The summed E-state index contributed by atoms with van der Waals surface area (Å²) >= 11 is 0. The molecule has 2 N–H and O–H groups in total. The molecule has 3 rings (SSSR count).